The van der Waals surface area contributed by atoms with Gasteiger partial charge in [-0.2, -0.15) is 13.2 Å². The molecule has 0 saturated heterocycles. The minimum atomic E-state index is -4.48. The predicted molar refractivity (Wildman–Crippen MR) is 102 cm³/mol. The number of methoxy groups -OCH3 is 2. The Morgan fingerprint density at radius 1 is 1.04 bits per heavy atom. The molecule has 1 amide bonds. The van der Waals surface area contributed by atoms with Gasteiger partial charge in [0.2, 0.25) is 5.91 Å². The Kier molecular flexibility index (Phi) is 6.77. The van der Waals surface area contributed by atoms with Gasteiger partial charge in [-0.25, -0.2) is 0 Å². The second-order valence-electron chi connectivity index (χ2n) is 6.39. The summed E-state index contributed by atoms with van der Waals surface area (Å²) in [6.07, 6.45) is -4.00. The van der Waals surface area contributed by atoms with Crippen molar-refractivity contribution in [2.75, 3.05) is 38.5 Å². The number of hydrogen-bond acceptors (Lipinski definition) is 4. The molecule has 0 saturated carbocycles. The topological polar surface area (TPSA) is 50.8 Å². The van der Waals surface area contributed by atoms with Crippen molar-refractivity contribution in [2.24, 2.45) is 0 Å². The second-order valence-corrected chi connectivity index (χ2v) is 6.39. The molecule has 2 rings (SSSR count). The Morgan fingerprint density at radius 2 is 1.64 bits per heavy atom. The zero-order chi connectivity index (χ0) is 20.9. The predicted octanol–water partition coefficient (Wildman–Crippen LogP) is 4.36. The smallest absolute Gasteiger partial charge is 0.416 e. The van der Waals surface area contributed by atoms with Crippen LogP contribution in [0.25, 0.3) is 0 Å². The minimum absolute atomic E-state index is 0.0967. The van der Waals surface area contributed by atoms with E-state index < -0.39 is 11.7 Å². The highest BCUT2D eigenvalue weighted by Crippen LogP contribution is 2.35. The number of aryl methyl sites for hydroxylation is 1. The van der Waals surface area contributed by atoms with Crippen LogP contribution >= 0.6 is 0 Å². The van der Waals surface area contributed by atoms with E-state index in [1.54, 1.807) is 37.2 Å². The van der Waals surface area contributed by atoms with Gasteiger partial charge >= 0.3 is 6.18 Å². The fourth-order valence-electron chi connectivity index (χ4n) is 2.68. The number of anilines is 2. The number of carbonyl (C=O) groups is 1. The number of hydrogen-bond donors (Lipinski definition) is 1. The normalized spacial score (nSPS) is 11.1. The second kappa shape index (κ2) is 8.86. The molecule has 0 radical (unpaired) electrons. The largest absolute Gasteiger partial charge is 0.497 e. The molecule has 2 aromatic rings. The van der Waals surface area contributed by atoms with Gasteiger partial charge in [0.15, 0.2) is 0 Å². The highest BCUT2D eigenvalue weighted by Gasteiger charge is 2.31. The van der Waals surface area contributed by atoms with Crippen LogP contribution in [0.15, 0.2) is 36.4 Å². The third kappa shape index (κ3) is 5.55. The van der Waals surface area contributed by atoms with Crippen LogP contribution in [-0.4, -0.2) is 34.2 Å². The first-order chi connectivity index (χ1) is 13.1. The lowest BCUT2D eigenvalue weighted by Gasteiger charge is -2.20. The summed E-state index contributed by atoms with van der Waals surface area (Å²) < 4.78 is 49.4. The molecule has 1 N–H and O–H groups in total. The zero-order valence-corrected chi connectivity index (χ0v) is 16.2. The molecular weight excluding hydrogens is 373 g/mol. The van der Waals surface area contributed by atoms with Gasteiger partial charge in [0, 0.05) is 26.6 Å². The number of nitrogens with zero attached hydrogens (tertiary/aromatic N) is 1. The maximum Gasteiger partial charge on any atom is 0.416 e. The number of nitrogens with one attached hydrogen (secondary N) is 1. The van der Waals surface area contributed by atoms with Gasteiger partial charge in [-0.05, 0) is 42.3 Å². The van der Waals surface area contributed by atoms with Gasteiger partial charge in [0.25, 0.3) is 0 Å². The molecule has 152 valence electrons. The molecule has 0 aliphatic rings. The number of ether oxygens (including phenoxy) is 2. The molecule has 5 nitrogen and oxygen atoms in total. The van der Waals surface area contributed by atoms with Gasteiger partial charge < -0.3 is 19.7 Å². The Hall–Kier alpha value is -2.90. The lowest BCUT2D eigenvalue weighted by atomic mass is 10.1. The van der Waals surface area contributed by atoms with E-state index in [0.29, 0.717) is 23.6 Å². The maximum absolute atomic E-state index is 13.0. The molecule has 0 bridgehead atoms. The van der Waals surface area contributed by atoms with Crippen molar-refractivity contribution in [1.82, 2.24) is 0 Å². The van der Waals surface area contributed by atoms with Crippen molar-refractivity contribution in [3.05, 3.63) is 47.5 Å². The first-order valence-corrected chi connectivity index (χ1v) is 8.54. The summed E-state index contributed by atoms with van der Waals surface area (Å²) in [6.45, 7) is 0. The minimum Gasteiger partial charge on any atom is -0.497 e. The molecular formula is C20H23F3N2O3. The maximum atomic E-state index is 13.0. The summed E-state index contributed by atoms with van der Waals surface area (Å²) in [5.41, 5.74) is 0.617. The fourth-order valence-corrected chi connectivity index (χ4v) is 2.68. The number of rotatable bonds is 7. The molecule has 0 spiro atoms. The van der Waals surface area contributed by atoms with Gasteiger partial charge in [-0.3, -0.25) is 4.79 Å². The Morgan fingerprint density at radius 3 is 2.14 bits per heavy atom. The van der Waals surface area contributed by atoms with Crippen molar-refractivity contribution in [3.8, 4) is 11.5 Å². The number of halogens is 3. The molecule has 8 heteroatoms. The van der Waals surface area contributed by atoms with Crippen molar-refractivity contribution >= 4 is 17.3 Å². The molecule has 0 heterocycles. The number of alkyl halides is 3. The summed E-state index contributed by atoms with van der Waals surface area (Å²) >= 11 is 0. The molecule has 0 atom stereocenters. The van der Waals surface area contributed by atoms with Crippen LogP contribution in [-0.2, 0) is 17.4 Å². The van der Waals surface area contributed by atoms with E-state index in [1.165, 1.54) is 20.3 Å². The molecule has 0 aliphatic carbocycles. The monoisotopic (exact) mass is 396 g/mol. The van der Waals surface area contributed by atoms with Crippen LogP contribution in [0, 0.1) is 0 Å². The average Bonchev–Trinajstić information content (AvgIpc) is 2.65. The van der Waals surface area contributed by atoms with E-state index in [-0.39, 0.29) is 18.0 Å². The summed E-state index contributed by atoms with van der Waals surface area (Å²) in [4.78, 5) is 14.0. The van der Waals surface area contributed by atoms with Crippen molar-refractivity contribution in [1.29, 1.82) is 0 Å². The Labute approximate surface area is 162 Å². The highest BCUT2D eigenvalue weighted by molar-refractivity contribution is 5.94. The van der Waals surface area contributed by atoms with Crippen LogP contribution in [0.5, 0.6) is 11.5 Å². The SMILES string of the molecule is COc1cc(CCC(=O)Nc2cc(C(F)(F)F)ccc2N(C)C)cc(OC)c1. The number of carbonyl (C=O) groups excluding carboxylic acids is 1. The fraction of sp³-hybridized carbons (Fsp3) is 0.350. The summed E-state index contributed by atoms with van der Waals surface area (Å²) in [5, 5.41) is 2.59. The van der Waals surface area contributed by atoms with E-state index in [4.69, 9.17) is 9.47 Å². The number of amides is 1. The zero-order valence-electron chi connectivity index (χ0n) is 16.2. The van der Waals surface area contributed by atoms with Crippen molar-refractivity contribution < 1.29 is 27.4 Å². The lowest BCUT2D eigenvalue weighted by molar-refractivity contribution is -0.137. The van der Waals surface area contributed by atoms with Crippen LogP contribution in [0.4, 0.5) is 24.5 Å². The van der Waals surface area contributed by atoms with E-state index in [1.807, 2.05) is 0 Å². The molecule has 2 aromatic carbocycles. The van der Waals surface area contributed by atoms with E-state index >= 15 is 0 Å². The van der Waals surface area contributed by atoms with E-state index in [2.05, 4.69) is 5.32 Å². The average molecular weight is 396 g/mol. The lowest BCUT2D eigenvalue weighted by Crippen LogP contribution is -2.18. The summed E-state index contributed by atoms with van der Waals surface area (Å²) in [5.74, 6) is 0.814. The highest BCUT2D eigenvalue weighted by atomic mass is 19.4. The van der Waals surface area contributed by atoms with Crippen LogP contribution in [0.3, 0.4) is 0 Å². The number of benzene rings is 2. The van der Waals surface area contributed by atoms with E-state index in [9.17, 15) is 18.0 Å². The van der Waals surface area contributed by atoms with E-state index in [0.717, 1.165) is 17.7 Å². The van der Waals surface area contributed by atoms with Gasteiger partial charge in [-0.1, -0.05) is 0 Å². The molecule has 0 aromatic heterocycles. The van der Waals surface area contributed by atoms with Crippen LogP contribution in [0.2, 0.25) is 0 Å². The molecule has 0 aliphatic heterocycles. The van der Waals surface area contributed by atoms with Gasteiger partial charge in [-0.15, -0.1) is 0 Å². The Bertz CT molecular complexity index is 814. The molecule has 0 fully saturated rings. The summed E-state index contributed by atoms with van der Waals surface area (Å²) in [6, 6.07) is 8.56. The standard InChI is InChI=1S/C20H23F3N2O3/c1-25(2)18-7-6-14(20(21,22)23)11-17(18)24-19(26)8-5-13-9-15(27-3)12-16(10-13)28-4/h6-7,9-12H,5,8H2,1-4H3,(H,24,26). The first-order valence-electron chi connectivity index (χ1n) is 8.54. The van der Waals surface area contributed by atoms with Crippen LogP contribution < -0.4 is 19.7 Å². The molecule has 28 heavy (non-hydrogen) atoms. The quantitative estimate of drug-likeness (QED) is 0.756. The van der Waals surface area contributed by atoms with Crippen molar-refractivity contribution in [3.63, 3.8) is 0 Å². The van der Waals surface area contributed by atoms with Gasteiger partial charge in [0.05, 0.1) is 31.2 Å². The third-order valence-corrected chi connectivity index (χ3v) is 4.13. The summed E-state index contributed by atoms with van der Waals surface area (Å²) in [7, 11) is 6.45. The molecule has 0 unspecified atom stereocenters. The Balaban J connectivity index is 2.14. The van der Waals surface area contributed by atoms with Gasteiger partial charge in [0.1, 0.15) is 11.5 Å². The first kappa shape index (κ1) is 21.4. The third-order valence-electron chi connectivity index (χ3n) is 4.13. The van der Waals surface area contributed by atoms with Crippen molar-refractivity contribution in [2.45, 2.75) is 19.0 Å². The van der Waals surface area contributed by atoms with Crippen LogP contribution in [0.1, 0.15) is 17.5 Å².